The van der Waals surface area contributed by atoms with Gasteiger partial charge in [0.1, 0.15) is 12.0 Å². The highest BCUT2D eigenvalue weighted by Crippen LogP contribution is 2.31. The molecule has 0 radical (unpaired) electrons. The van der Waals surface area contributed by atoms with E-state index < -0.39 is 17.6 Å². The first-order valence-corrected chi connectivity index (χ1v) is 8.22. The highest BCUT2D eigenvalue weighted by atomic mass is 19.4. The predicted molar refractivity (Wildman–Crippen MR) is 97.5 cm³/mol. The normalized spacial score (nSPS) is 11.6. The van der Waals surface area contributed by atoms with E-state index in [-0.39, 0.29) is 17.2 Å². The van der Waals surface area contributed by atoms with E-state index in [9.17, 15) is 17.6 Å². The van der Waals surface area contributed by atoms with Gasteiger partial charge in [-0.3, -0.25) is 4.98 Å². The molecule has 0 aliphatic carbocycles. The number of fused-ring (bicyclic) bond motifs is 1. The van der Waals surface area contributed by atoms with Crippen LogP contribution in [0, 0.1) is 5.82 Å². The molecular weight excluding hydrogens is 372 g/mol. The molecule has 1 N–H and O–H groups in total. The Balaban J connectivity index is 1.66. The highest BCUT2D eigenvalue weighted by Gasteiger charge is 2.30. The first kappa shape index (κ1) is 17.8. The smallest absolute Gasteiger partial charge is 0.338 e. The van der Waals surface area contributed by atoms with Gasteiger partial charge in [-0.25, -0.2) is 14.4 Å². The molecule has 140 valence electrons. The number of rotatable bonds is 3. The van der Waals surface area contributed by atoms with Crippen molar-refractivity contribution in [2.45, 2.75) is 6.18 Å². The molecule has 2 aromatic carbocycles. The molecule has 0 saturated heterocycles. The number of nitrogens with one attached hydrogen (secondary N) is 1. The summed E-state index contributed by atoms with van der Waals surface area (Å²) >= 11 is 0. The minimum atomic E-state index is -4.43. The van der Waals surface area contributed by atoms with Crippen molar-refractivity contribution in [2.75, 3.05) is 5.32 Å². The number of benzene rings is 2. The Labute approximate surface area is 156 Å². The maximum atomic E-state index is 14.9. The summed E-state index contributed by atoms with van der Waals surface area (Å²) in [5.74, 6) is -0.844. The van der Waals surface area contributed by atoms with Crippen molar-refractivity contribution < 1.29 is 17.6 Å². The third-order valence-corrected chi connectivity index (χ3v) is 4.14. The van der Waals surface area contributed by atoms with Crippen molar-refractivity contribution in [3.63, 3.8) is 0 Å². The summed E-state index contributed by atoms with van der Waals surface area (Å²) in [6.07, 6.45) is -1.61. The first-order chi connectivity index (χ1) is 13.4. The standard InChI is InChI=1S/C20H12F4N4/c21-17-18(13-4-3-12-2-1-9-25-16(12)10-13)26-11-27-19(17)28-15-7-5-14(6-8-15)20(22,23)24/h1-11H,(H,26,27,28). The topological polar surface area (TPSA) is 50.7 Å². The molecule has 4 nitrogen and oxygen atoms in total. The zero-order valence-electron chi connectivity index (χ0n) is 14.2. The number of halogens is 4. The molecule has 4 aromatic rings. The van der Waals surface area contributed by atoms with Gasteiger partial charge in [0.25, 0.3) is 0 Å². The Morgan fingerprint density at radius 3 is 2.39 bits per heavy atom. The second-order valence-electron chi connectivity index (χ2n) is 6.00. The Morgan fingerprint density at radius 1 is 0.857 bits per heavy atom. The number of alkyl halides is 3. The van der Waals surface area contributed by atoms with Crippen LogP contribution >= 0.6 is 0 Å². The van der Waals surface area contributed by atoms with Crippen LogP contribution in [0.5, 0.6) is 0 Å². The molecule has 0 saturated carbocycles. The summed E-state index contributed by atoms with van der Waals surface area (Å²) in [5.41, 5.74) is 0.760. The van der Waals surface area contributed by atoms with Gasteiger partial charge in [0, 0.05) is 22.8 Å². The fraction of sp³-hybridized carbons (Fsp3) is 0.0500. The third kappa shape index (κ3) is 3.48. The lowest BCUT2D eigenvalue weighted by molar-refractivity contribution is -0.137. The van der Waals surface area contributed by atoms with Crippen molar-refractivity contribution in [3.05, 3.63) is 78.5 Å². The number of hydrogen-bond acceptors (Lipinski definition) is 4. The lowest BCUT2D eigenvalue weighted by Gasteiger charge is -2.11. The van der Waals surface area contributed by atoms with E-state index in [1.54, 1.807) is 24.4 Å². The Bertz CT molecular complexity index is 1140. The maximum absolute atomic E-state index is 14.9. The second kappa shape index (κ2) is 6.88. The van der Waals surface area contributed by atoms with Crippen molar-refractivity contribution in [3.8, 4) is 11.3 Å². The molecule has 0 fully saturated rings. The van der Waals surface area contributed by atoms with Crippen molar-refractivity contribution in [2.24, 2.45) is 0 Å². The first-order valence-electron chi connectivity index (χ1n) is 8.22. The molecule has 28 heavy (non-hydrogen) atoms. The van der Waals surface area contributed by atoms with Crippen molar-refractivity contribution in [1.82, 2.24) is 15.0 Å². The molecule has 2 aromatic heterocycles. The highest BCUT2D eigenvalue weighted by molar-refractivity contribution is 5.83. The van der Waals surface area contributed by atoms with Crippen LogP contribution in [0.1, 0.15) is 5.56 Å². The largest absolute Gasteiger partial charge is 0.416 e. The number of nitrogens with zero attached hydrogens (tertiary/aromatic N) is 3. The molecule has 0 unspecified atom stereocenters. The van der Waals surface area contributed by atoms with E-state index >= 15 is 0 Å². The Morgan fingerprint density at radius 2 is 1.64 bits per heavy atom. The van der Waals surface area contributed by atoms with Gasteiger partial charge in [0.2, 0.25) is 0 Å². The van der Waals surface area contributed by atoms with Crippen molar-refractivity contribution in [1.29, 1.82) is 0 Å². The SMILES string of the molecule is Fc1c(Nc2ccc(C(F)(F)F)cc2)ncnc1-c1ccc2cccnc2c1. The monoisotopic (exact) mass is 384 g/mol. The molecule has 0 spiro atoms. The van der Waals surface area contributed by atoms with E-state index in [1.807, 2.05) is 12.1 Å². The Kier molecular flexibility index (Phi) is 4.38. The van der Waals surface area contributed by atoms with Crippen LogP contribution in [0.2, 0.25) is 0 Å². The molecule has 4 rings (SSSR count). The minimum absolute atomic E-state index is 0.0666. The average Bonchev–Trinajstić information content (AvgIpc) is 2.69. The fourth-order valence-corrected chi connectivity index (χ4v) is 2.75. The average molecular weight is 384 g/mol. The van der Waals surface area contributed by atoms with E-state index in [2.05, 4.69) is 20.3 Å². The molecule has 0 aliphatic heterocycles. The van der Waals surface area contributed by atoms with Gasteiger partial charge in [-0.1, -0.05) is 18.2 Å². The summed E-state index contributed by atoms with van der Waals surface area (Å²) in [6, 6.07) is 13.2. The van der Waals surface area contributed by atoms with Gasteiger partial charge in [0.15, 0.2) is 11.6 Å². The molecule has 0 amide bonds. The zero-order valence-corrected chi connectivity index (χ0v) is 14.2. The van der Waals surface area contributed by atoms with Crippen LogP contribution in [0.3, 0.4) is 0 Å². The maximum Gasteiger partial charge on any atom is 0.416 e. The van der Waals surface area contributed by atoms with E-state index in [1.165, 1.54) is 18.5 Å². The number of hydrogen-bond donors (Lipinski definition) is 1. The van der Waals surface area contributed by atoms with Gasteiger partial charge in [-0.2, -0.15) is 13.2 Å². The summed E-state index contributed by atoms with van der Waals surface area (Å²) < 4.78 is 52.9. The van der Waals surface area contributed by atoms with Crippen molar-refractivity contribution >= 4 is 22.4 Å². The number of pyridine rings is 1. The van der Waals surface area contributed by atoms with E-state index in [0.717, 1.165) is 17.5 Å². The minimum Gasteiger partial charge on any atom is -0.338 e. The second-order valence-corrected chi connectivity index (χ2v) is 6.00. The van der Waals surface area contributed by atoms with Gasteiger partial charge >= 0.3 is 6.18 Å². The summed E-state index contributed by atoms with van der Waals surface area (Å²) in [7, 11) is 0. The van der Waals surface area contributed by atoms with Crippen LogP contribution in [0.15, 0.2) is 67.1 Å². The molecule has 8 heteroatoms. The molecule has 0 aliphatic rings. The summed E-state index contributed by atoms with van der Waals surface area (Å²) in [5, 5.41) is 3.60. The fourth-order valence-electron chi connectivity index (χ4n) is 2.75. The molecule has 0 atom stereocenters. The van der Waals surface area contributed by atoms with Gasteiger partial charge in [-0.05, 0) is 36.4 Å². The lowest BCUT2D eigenvalue weighted by Crippen LogP contribution is -2.05. The predicted octanol–water partition coefficient (Wildman–Crippen LogP) is 5.59. The van der Waals surface area contributed by atoms with Crippen LogP contribution in [0.4, 0.5) is 29.1 Å². The van der Waals surface area contributed by atoms with Crippen LogP contribution in [-0.4, -0.2) is 15.0 Å². The van der Waals surface area contributed by atoms with Crippen LogP contribution < -0.4 is 5.32 Å². The summed E-state index contributed by atoms with van der Waals surface area (Å²) in [6.45, 7) is 0. The van der Waals surface area contributed by atoms with Crippen LogP contribution in [0.25, 0.3) is 22.2 Å². The van der Waals surface area contributed by atoms with E-state index in [0.29, 0.717) is 11.1 Å². The molecular formula is C20H12F4N4. The quantitative estimate of drug-likeness (QED) is 0.468. The van der Waals surface area contributed by atoms with E-state index in [4.69, 9.17) is 0 Å². The third-order valence-electron chi connectivity index (χ3n) is 4.14. The summed E-state index contributed by atoms with van der Waals surface area (Å²) in [4.78, 5) is 12.1. The Hall–Kier alpha value is -3.55. The van der Waals surface area contributed by atoms with Gasteiger partial charge in [-0.15, -0.1) is 0 Å². The van der Waals surface area contributed by atoms with Crippen LogP contribution in [-0.2, 0) is 6.18 Å². The van der Waals surface area contributed by atoms with Gasteiger partial charge < -0.3 is 5.32 Å². The number of anilines is 2. The molecule has 2 heterocycles. The molecule has 0 bridgehead atoms. The number of aromatic nitrogens is 3. The zero-order chi connectivity index (χ0) is 19.7. The van der Waals surface area contributed by atoms with Gasteiger partial charge in [0.05, 0.1) is 11.1 Å². The lowest BCUT2D eigenvalue weighted by atomic mass is 10.1.